The third-order valence-electron chi connectivity index (χ3n) is 2.31. The number of hydrogen-bond donors (Lipinski definition) is 1. The Labute approximate surface area is 119 Å². The molecule has 4 heteroatoms. The van der Waals surface area contributed by atoms with E-state index in [-0.39, 0.29) is 21.4 Å². The summed E-state index contributed by atoms with van der Waals surface area (Å²) in [6.07, 6.45) is 1.46. The van der Waals surface area contributed by atoms with Crippen molar-refractivity contribution in [3.05, 3.63) is 24.4 Å². The topological polar surface area (TPSA) is 33.1 Å². The molecule has 0 aliphatic rings. The van der Waals surface area contributed by atoms with Crippen molar-refractivity contribution in [3.63, 3.8) is 0 Å². The molecule has 0 unspecified atom stereocenters. The lowest BCUT2D eigenvalue weighted by atomic mass is 10.1. The molecule has 0 saturated carbocycles. The van der Waals surface area contributed by atoms with Crippen molar-refractivity contribution in [3.8, 4) is 0 Å². The van der Waals surface area contributed by atoms with Crippen LogP contribution < -0.4 is 0 Å². The highest BCUT2D eigenvalue weighted by atomic mass is 32.2. The van der Waals surface area contributed by atoms with Crippen LogP contribution in [0.15, 0.2) is 29.4 Å². The van der Waals surface area contributed by atoms with Crippen LogP contribution in [-0.2, 0) is 0 Å². The summed E-state index contributed by atoms with van der Waals surface area (Å²) in [5.74, 6) is 0.251. The van der Waals surface area contributed by atoms with Gasteiger partial charge in [-0.25, -0.2) is 4.98 Å². The maximum absolute atomic E-state index is 10.3. The predicted octanol–water partition coefficient (Wildman–Crippen LogP) is 4.05. The molecule has 1 rings (SSSR count). The molecule has 0 fully saturated rings. The highest BCUT2D eigenvalue weighted by Crippen LogP contribution is 2.40. The van der Waals surface area contributed by atoms with Gasteiger partial charge in [0, 0.05) is 10.9 Å². The van der Waals surface area contributed by atoms with Gasteiger partial charge in [-0.1, -0.05) is 52.4 Å². The number of pyridine rings is 1. The average Bonchev–Trinajstić information content (AvgIpc) is 2.26. The fourth-order valence-electron chi connectivity index (χ4n) is 1.36. The highest BCUT2D eigenvalue weighted by Gasteiger charge is 2.28. The van der Waals surface area contributed by atoms with Crippen molar-refractivity contribution in [2.75, 3.05) is 0 Å². The molecule has 1 aromatic rings. The van der Waals surface area contributed by atoms with Gasteiger partial charge in [0.05, 0.1) is 15.7 Å². The van der Waals surface area contributed by atoms with Crippen LogP contribution in [0.3, 0.4) is 0 Å². The number of aliphatic hydroxyl groups excluding tert-OH is 1. The monoisotopic (exact) mass is 285 g/mol. The summed E-state index contributed by atoms with van der Waals surface area (Å²) in [5.41, 5.74) is 0. The van der Waals surface area contributed by atoms with Crippen LogP contribution in [0.1, 0.15) is 34.6 Å². The zero-order valence-corrected chi connectivity index (χ0v) is 13.4. The van der Waals surface area contributed by atoms with Crippen molar-refractivity contribution in [2.45, 2.75) is 55.1 Å². The van der Waals surface area contributed by atoms with Gasteiger partial charge >= 0.3 is 0 Å². The Bertz CT molecular complexity index is 349. The quantitative estimate of drug-likeness (QED) is 0.653. The molecule has 0 aliphatic carbocycles. The summed E-state index contributed by atoms with van der Waals surface area (Å²) >= 11 is 3.46. The molecule has 0 saturated heterocycles. The fourth-order valence-corrected chi connectivity index (χ4v) is 4.84. The molecule has 0 amide bonds. The SMILES string of the molecule is CC(C)[C@H](O)[C@H](Sc1ccccn1)SC(C)(C)C. The molecule has 2 nitrogen and oxygen atoms in total. The zero-order valence-electron chi connectivity index (χ0n) is 11.8. The van der Waals surface area contributed by atoms with E-state index in [0.717, 1.165) is 5.03 Å². The number of nitrogens with zero attached hydrogens (tertiary/aromatic N) is 1. The Morgan fingerprint density at radius 3 is 2.33 bits per heavy atom. The minimum absolute atomic E-state index is 0.111. The van der Waals surface area contributed by atoms with E-state index in [2.05, 4.69) is 39.6 Å². The molecule has 0 bridgehead atoms. The second-order valence-corrected chi connectivity index (χ2v) is 9.05. The maximum atomic E-state index is 10.3. The summed E-state index contributed by atoms with van der Waals surface area (Å²) in [7, 11) is 0. The number of hydrogen-bond acceptors (Lipinski definition) is 4. The molecule has 0 aliphatic heterocycles. The summed E-state index contributed by atoms with van der Waals surface area (Å²) in [6.45, 7) is 10.6. The zero-order chi connectivity index (χ0) is 13.8. The predicted molar refractivity (Wildman–Crippen MR) is 82.1 cm³/mol. The van der Waals surface area contributed by atoms with Gasteiger partial charge in [0.2, 0.25) is 0 Å². The first kappa shape index (κ1) is 15.9. The minimum Gasteiger partial charge on any atom is -0.391 e. The van der Waals surface area contributed by atoms with Gasteiger partial charge in [0.25, 0.3) is 0 Å². The van der Waals surface area contributed by atoms with Gasteiger partial charge in [0.15, 0.2) is 0 Å². The molecule has 1 N–H and O–H groups in total. The molecular formula is C14H23NOS2. The van der Waals surface area contributed by atoms with Gasteiger partial charge < -0.3 is 5.11 Å². The van der Waals surface area contributed by atoms with Crippen LogP contribution in [0.4, 0.5) is 0 Å². The lowest BCUT2D eigenvalue weighted by molar-refractivity contribution is 0.141. The highest BCUT2D eigenvalue weighted by molar-refractivity contribution is 8.17. The summed E-state index contributed by atoms with van der Waals surface area (Å²) < 4.78 is 0.238. The summed E-state index contributed by atoms with van der Waals surface area (Å²) in [5, 5.41) is 11.3. The molecule has 102 valence electrons. The average molecular weight is 285 g/mol. The number of rotatable bonds is 5. The molecule has 18 heavy (non-hydrogen) atoms. The normalized spacial score (nSPS) is 15.7. The molecule has 0 radical (unpaired) electrons. The Kier molecular flexibility index (Phi) is 6.02. The molecular weight excluding hydrogens is 262 g/mol. The van der Waals surface area contributed by atoms with Gasteiger partial charge in [-0.2, -0.15) is 0 Å². The van der Waals surface area contributed by atoms with Gasteiger partial charge in [-0.3, -0.25) is 0 Å². The van der Waals surface area contributed by atoms with Gasteiger partial charge in [-0.05, 0) is 18.1 Å². The molecule has 1 aromatic heterocycles. The first-order valence-corrected chi connectivity index (χ1v) is 7.99. The van der Waals surface area contributed by atoms with Crippen LogP contribution in [0, 0.1) is 5.92 Å². The summed E-state index contributed by atoms with van der Waals surface area (Å²) in [4.78, 5) is 4.33. The first-order valence-electron chi connectivity index (χ1n) is 6.23. The Hall–Kier alpha value is -0.190. The second kappa shape index (κ2) is 6.83. The molecule has 1 heterocycles. The van der Waals surface area contributed by atoms with Crippen LogP contribution >= 0.6 is 23.5 Å². The van der Waals surface area contributed by atoms with Gasteiger partial charge in [0.1, 0.15) is 0 Å². The van der Waals surface area contributed by atoms with Crippen LogP contribution in [0.2, 0.25) is 0 Å². The van der Waals surface area contributed by atoms with E-state index in [0.29, 0.717) is 0 Å². The second-order valence-electron chi connectivity index (χ2n) is 5.62. The van der Waals surface area contributed by atoms with E-state index in [4.69, 9.17) is 0 Å². The van der Waals surface area contributed by atoms with Crippen molar-refractivity contribution in [1.82, 2.24) is 4.98 Å². The van der Waals surface area contributed by atoms with E-state index in [9.17, 15) is 5.11 Å². The number of aliphatic hydroxyl groups is 1. The lowest BCUT2D eigenvalue weighted by Gasteiger charge is -2.30. The smallest absolute Gasteiger partial charge is 0.0971 e. The van der Waals surface area contributed by atoms with Crippen LogP contribution in [-0.4, -0.2) is 25.5 Å². The van der Waals surface area contributed by atoms with E-state index in [1.807, 2.05) is 18.2 Å². The Morgan fingerprint density at radius 1 is 1.22 bits per heavy atom. The van der Waals surface area contributed by atoms with Crippen LogP contribution in [0.25, 0.3) is 0 Å². The third kappa shape index (κ3) is 5.63. The largest absolute Gasteiger partial charge is 0.391 e. The van der Waals surface area contributed by atoms with E-state index >= 15 is 0 Å². The van der Waals surface area contributed by atoms with Crippen molar-refractivity contribution in [1.29, 1.82) is 0 Å². The van der Waals surface area contributed by atoms with E-state index < -0.39 is 0 Å². The van der Waals surface area contributed by atoms with Crippen molar-refractivity contribution < 1.29 is 5.11 Å². The minimum atomic E-state index is -0.332. The third-order valence-corrected chi connectivity index (χ3v) is 5.10. The molecule has 0 spiro atoms. The first-order chi connectivity index (χ1) is 8.29. The lowest BCUT2D eigenvalue weighted by Crippen LogP contribution is -2.29. The number of thioether (sulfide) groups is 2. The molecule has 0 aromatic carbocycles. The van der Waals surface area contributed by atoms with Crippen molar-refractivity contribution >= 4 is 23.5 Å². The summed E-state index contributed by atoms with van der Waals surface area (Å²) in [6, 6.07) is 5.89. The maximum Gasteiger partial charge on any atom is 0.0971 e. The van der Waals surface area contributed by atoms with E-state index in [1.54, 1.807) is 29.7 Å². The fraction of sp³-hybridized carbons (Fsp3) is 0.643. The van der Waals surface area contributed by atoms with Gasteiger partial charge in [-0.15, -0.1) is 11.8 Å². The van der Waals surface area contributed by atoms with Crippen molar-refractivity contribution in [2.24, 2.45) is 5.92 Å². The van der Waals surface area contributed by atoms with Crippen LogP contribution in [0.5, 0.6) is 0 Å². The standard InChI is InChI=1S/C14H23NOS2/c1-10(2)12(16)13(18-14(3,4)5)17-11-8-6-7-9-15-11/h6-10,12-13,16H,1-5H3/t12-,13+/m0/s1. The van der Waals surface area contributed by atoms with E-state index in [1.165, 1.54) is 0 Å². The number of aromatic nitrogens is 1. The Balaban J connectivity index is 2.78. The molecule has 2 atom stereocenters. The Morgan fingerprint density at radius 2 is 1.89 bits per heavy atom.